The molecule has 0 aliphatic carbocycles. The fraction of sp³-hybridized carbons (Fsp3) is 0.583. The molecule has 0 aromatic carbocycles. The lowest BCUT2D eigenvalue weighted by molar-refractivity contribution is 0.183. The first-order valence-corrected chi connectivity index (χ1v) is 6.57. The molecule has 104 valence electrons. The summed E-state index contributed by atoms with van der Waals surface area (Å²) in [6, 6.07) is 0. The van der Waals surface area contributed by atoms with Crippen molar-refractivity contribution in [2.24, 2.45) is 0 Å². The van der Waals surface area contributed by atoms with Gasteiger partial charge < -0.3 is 15.7 Å². The highest BCUT2D eigenvalue weighted by molar-refractivity contribution is 5.86. The van der Waals surface area contributed by atoms with E-state index in [1.54, 1.807) is 13.1 Å². The summed E-state index contributed by atoms with van der Waals surface area (Å²) < 4.78 is 0. The number of hydrogen-bond acceptors (Lipinski definition) is 6. The molecule has 0 saturated heterocycles. The Bertz CT molecular complexity index is 524. The number of nitrogens with zero attached hydrogens (tertiary/aromatic N) is 3. The van der Waals surface area contributed by atoms with Crippen molar-refractivity contribution >= 4 is 22.8 Å². The molecule has 0 fully saturated rings. The number of anilines is 2. The summed E-state index contributed by atoms with van der Waals surface area (Å²) in [6.45, 7) is 5.31. The van der Waals surface area contributed by atoms with E-state index in [-0.39, 0.29) is 6.10 Å². The van der Waals surface area contributed by atoms with Crippen molar-refractivity contribution in [2.45, 2.75) is 32.8 Å². The summed E-state index contributed by atoms with van der Waals surface area (Å²) in [6.07, 6.45) is 3.10. The summed E-state index contributed by atoms with van der Waals surface area (Å²) >= 11 is 0. The summed E-state index contributed by atoms with van der Waals surface area (Å²) in [5.74, 6) is 1.34. The van der Waals surface area contributed by atoms with Gasteiger partial charge in [-0.25, -0.2) is 0 Å². The number of fused-ring (bicyclic) bond motifs is 1. The minimum absolute atomic E-state index is 0.265. The molecule has 7 heteroatoms. The largest absolute Gasteiger partial charge is 0.393 e. The molecule has 0 spiro atoms. The molecule has 2 aromatic rings. The summed E-state index contributed by atoms with van der Waals surface area (Å²) in [5, 5.41) is 23.3. The monoisotopic (exact) mass is 264 g/mol. The molecule has 7 nitrogen and oxygen atoms in total. The van der Waals surface area contributed by atoms with E-state index in [9.17, 15) is 5.11 Å². The van der Waals surface area contributed by atoms with E-state index >= 15 is 0 Å². The van der Waals surface area contributed by atoms with Crippen LogP contribution in [0, 0.1) is 0 Å². The zero-order valence-electron chi connectivity index (χ0n) is 11.3. The molecule has 0 bridgehead atoms. The highest BCUT2D eigenvalue weighted by Crippen LogP contribution is 2.19. The Morgan fingerprint density at radius 1 is 1.37 bits per heavy atom. The smallest absolute Gasteiger partial charge is 0.226 e. The zero-order valence-corrected chi connectivity index (χ0v) is 11.3. The topological polar surface area (TPSA) is 98.8 Å². The van der Waals surface area contributed by atoms with Crippen LogP contribution >= 0.6 is 0 Å². The molecule has 4 N–H and O–H groups in total. The Kier molecular flexibility index (Phi) is 4.51. The van der Waals surface area contributed by atoms with Gasteiger partial charge in [0, 0.05) is 13.1 Å². The minimum Gasteiger partial charge on any atom is -0.393 e. The Hall–Kier alpha value is -1.89. The van der Waals surface area contributed by atoms with Crippen molar-refractivity contribution in [1.82, 2.24) is 20.2 Å². The second-order valence-corrected chi connectivity index (χ2v) is 4.48. The lowest BCUT2D eigenvalue weighted by atomic mass is 10.2. The predicted octanol–water partition coefficient (Wildman–Crippen LogP) is 1.36. The van der Waals surface area contributed by atoms with Crippen molar-refractivity contribution in [2.75, 3.05) is 23.7 Å². The number of aliphatic hydroxyl groups excluding tert-OH is 1. The predicted molar refractivity (Wildman–Crippen MR) is 75.3 cm³/mol. The van der Waals surface area contributed by atoms with Crippen LogP contribution in [0.1, 0.15) is 26.7 Å². The van der Waals surface area contributed by atoms with Crippen LogP contribution in [0.25, 0.3) is 11.0 Å². The van der Waals surface area contributed by atoms with Gasteiger partial charge in [0.25, 0.3) is 0 Å². The lowest BCUT2D eigenvalue weighted by Crippen LogP contribution is -2.10. The molecule has 2 aromatic heterocycles. The molecule has 2 rings (SSSR count). The molecule has 19 heavy (non-hydrogen) atoms. The number of hydrogen-bond donors (Lipinski definition) is 4. The van der Waals surface area contributed by atoms with E-state index < -0.39 is 0 Å². The van der Waals surface area contributed by atoms with Crippen molar-refractivity contribution in [1.29, 1.82) is 0 Å². The number of nitrogens with one attached hydrogen (secondary N) is 3. The summed E-state index contributed by atoms with van der Waals surface area (Å²) in [5.41, 5.74) is 0.712. The number of aromatic nitrogens is 4. The SMILES string of the molecule is CCNc1nc(NCCCC(C)O)c2cn[nH]c2n1. The van der Waals surface area contributed by atoms with Crippen molar-refractivity contribution in [3.63, 3.8) is 0 Å². The fourth-order valence-electron chi connectivity index (χ4n) is 1.81. The maximum absolute atomic E-state index is 9.22. The first-order chi connectivity index (χ1) is 9.20. The molecule has 0 amide bonds. The van der Waals surface area contributed by atoms with E-state index in [0.717, 1.165) is 37.1 Å². The van der Waals surface area contributed by atoms with Crippen molar-refractivity contribution in [3.8, 4) is 0 Å². The highest BCUT2D eigenvalue weighted by Gasteiger charge is 2.08. The Morgan fingerprint density at radius 2 is 2.21 bits per heavy atom. The molecule has 0 aliphatic heterocycles. The van der Waals surface area contributed by atoms with Gasteiger partial charge in [-0.2, -0.15) is 15.1 Å². The van der Waals surface area contributed by atoms with Crippen LogP contribution in [0.3, 0.4) is 0 Å². The molecule has 0 saturated carbocycles. The van der Waals surface area contributed by atoms with E-state index in [4.69, 9.17) is 0 Å². The molecule has 0 aliphatic rings. The van der Waals surface area contributed by atoms with Crippen molar-refractivity contribution < 1.29 is 5.11 Å². The van der Waals surface area contributed by atoms with Crippen LogP contribution in [0.15, 0.2) is 6.20 Å². The molecular weight excluding hydrogens is 244 g/mol. The Morgan fingerprint density at radius 3 is 2.95 bits per heavy atom. The Labute approximate surface area is 111 Å². The number of aromatic amines is 1. The van der Waals surface area contributed by atoms with E-state index in [0.29, 0.717) is 11.6 Å². The van der Waals surface area contributed by atoms with Crippen LogP contribution in [-0.2, 0) is 0 Å². The van der Waals surface area contributed by atoms with E-state index in [1.165, 1.54) is 0 Å². The normalized spacial score (nSPS) is 12.6. The highest BCUT2D eigenvalue weighted by atomic mass is 16.3. The summed E-state index contributed by atoms with van der Waals surface area (Å²) in [7, 11) is 0. The second kappa shape index (κ2) is 6.33. The Balaban J connectivity index is 2.09. The second-order valence-electron chi connectivity index (χ2n) is 4.48. The van der Waals surface area contributed by atoms with Gasteiger partial charge in [0.15, 0.2) is 5.65 Å². The van der Waals surface area contributed by atoms with Crippen LogP contribution in [0.5, 0.6) is 0 Å². The van der Waals surface area contributed by atoms with Gasteiger partial charge in [-0.15, -0.1) is 0 Å². The van der Waals surface area contributed by atoms with Gasteiger partial charge in [-0.05, 0) is 26.7 Å². The van der Waals surface area contributed by atoms with Crippen LogP contribution < -0.4 is 10.6 Å². The van der Waals surface area contributed by atoms with Gasteiger partial charge in [0.2, 0.25) is 5.95 Å². The van der Waals surface area contributed by atoms with Gasteiger partial charge >= 0.3 is 0 Å². The molecular formula is C12H20N6O. The maximum atomic E-state index is 9.22. The van der Waals surface area contributed by atoms with Crippen LogP contribution in [0.2, 0.25) is 0 Å². The lowest BCUT2D eigenvalue weighted by Gasteiger charge is -2.09. The minimum atomic E-state index is -0.265. The van der Waals surface area contributed by atoms with Gasteiger partial charge in [0.05, 0.1) is 17.7 Å². The third-order valence-electron chi connectivity index (χ3n) is 2.74. The van der Waals surface area contributed by atoms with E-state index in [1.807, 2.05) is 6.92 Å². The van der Waals surface area contributed by atoms with Crippen LogP contribution in [0.4, 0.5) is 11.8 Å². The van der Waals surface area contributed by atoms with Crippen LogP contribution in [-0.4, -0.2) is 44.5 Å². The summed E-state index contributed by atoms with van der Waals surface area (Å²) in [4.78, 5) is 8.75. The molecule has 1 unspecified atom stereocenters. The fourth-order valence-corrected chi connectivity index (χ4v) is 1.81. The van der Waals surface area contributed by atoms with Gasteiger partial charge in [-0.3, -0.25) is 5.10 Å². The van der Waals surface area contributed by atoms with Gasteiger partial charge in [-0.1, -0.05) is 0 Å². The quantitative estimate of drug-likeness (QED) is 0.564. The maximum Gasteiger partial charge on any atom is 0.226 e. The third-order valence-corrected chi connectivity index (χ3v) is 2.74. The molecule has 1 atom stereocenters. The standard InChI is InChI=1S/C12H20N6O/c1-3-13-12-16-10(14-6-4-5-8(2)19)9-7-15-18-11(9)17-12/h7-8,19H,3-6H2,1-2H3,(H3,13,14,15,16,17,18). The molecule has 2 heterocycles. The number of aliphatic hydroxyl groups is 1. The van der Waals surface area contributed by atoms with Gasteiger partial charge in [0.1, 0.15) is 5.82 Å². The average molecular weight is 264 g/mol. The number of H-pyrrole nitrogens is 1. The number of rotatable bonds is 7. The molecule has 0 radical (unpaired) electrons. The third kappa shape index (κ3) is 3.54. The first kappa shape index (κ1) is 13.5. The first-order valence-electron chi connectivity index (χ1n) is 6.57. The average Bonchev–Trinajstić information content (AvgIpc) is 2.83. The van der Waals surface area contributed by atoms with E-state index in [2.05, 4.69) is 30.8 Å². The van der Waals surface area contributed by atoms with Crippen molar-refractivity contribution in [3.05, 3.63) is 6.20 Å². The zero-order chi connectivity index (χ0) is 13.7.